The lowest BCUT2D eigenvalue weighted by atomic mass is 10.0. The molecule has 2 aromatic carbocycles. The van der Waals surface area contributed by atoms with Crippen molar-refractivity contribution in [3.8, 4) is 39.0 Å². The average Bonchev–Trinajstić information content (AvgIpc) is 3.18. The van der Waals surface area contributed by atoms with Crippen LogP contribution < -0.4 is 4.74 Å². The van der Waals surface area contributed by atoms with Crippen LogP contribution in [0.4, 0.5) is 13.2 Å². The van der Waals surface area contributed by atoms with E-state index < -0.39 is 6.36 Å². The first-order chi connectivity index (χ1) is 13.5. The highest BCUT2D eigenvalue weighted by atomic mass is 32.1. The van der Waals surface area contributed by atoms with E-state index >= 15 is 0 Å². The molecule has 0 fully saturated rings. The molecule has 0 amide bonds. The number of aromatic nitrogens is 3. The number of halogens is 3. The summed E-state index contributed by atoms with van der Waals surface area (Å²) < 4.78 is 42.3. The van der Waals surface area contributed by atoms with Gasteiger partial charge in [0, 0.05) is 28.9 Å². The first kappa shape index (κ1) is 18.1. The van der Waals surface area contributed by atoms with Gasteiger partial charge in [-0.3, -0.25) is 0 Å². The Morgan fingerprint density at radius 1 is 0.857 bits per heavy atom. The van der Waals surface area contributed by atoms with Crippen LogP contribution in [-0.4, -0.2) is 21.3 Å². The molecule has 2 aromatic heterocycles. The quantitative estimate of drug-likeness (QED) is 0.433. The summed E-state index contributed by atoms with van der Waals surface area (Å²) in [5, 5.41) is 2.53. The highest BCUT2D eigenvalue weighted by Gasteiger charge is 2.32. The largest absolute Gasteiger partial charge is 0.573 e. The van der Waals surface area contributed by atoms with E-state index in [0.29, 0.717) is 27.7 Å². The van der Waals surface area contributed by atoms with Crippen molar-refractivity contribution < 1.29 is 17.9 Å². The lowest BCUT2D eigenvalue weighted by molar-refractivity contribution is -0.274. The van der Waals surface area contributed by atoms with Gasteiger partial charge in [-0.15, -0.1) is 24.5 Å². The zero-order valence-corrected chi connectivity index (χ0v) is 15.0. The summed E-state index contributed by atoms with van der Waals surface area (Å²) in [7, 11) is 0. The number of rotatable bonds is 4. The van der Waals surface area contributed by atoms with Crippen LogP contribution in [-0.2, 0) is 0 Å². The van der Waals surface area contributed by atoms with Gasteiger partial charge in [0.25, 0.3) is 0 Å². The maximum atomic E-state index is 12.7. The highest BCUT2D eigenvalue weighted by Crippen LogP contribution is 2.36. The fourth-order valence-corrected chi connectivity index (χ4v) is 3.46. The predicted octanol–water partition coefficient (Wildman–Crippen LogP) is 5.83. The van der Waals surface area contributed by atoms with Crippen LogP contribution in [0.2, 0.25) is 0 Å². The maximum Gasteiger partial charge on any atom is 0.573 e. The van der Waals surface area contributed by atoms with E-state index in [-0.39, 0.29) is 5.75 Å². The predicted molar refractivity (Wildman–Crippen MR) is 101 cm³/mol. The zero-order chi connectivity index (χ0) is 19.6. The summed E-state index contributed by atoms with van der Waals surface area (Å²) in [6, 6.07) is 14.9. The van der Waals surface area contributed by atoms with Crippen LogP contribution in [0.25, 0.3) is 33.2 Å². The van der Waals surface area contributed by atoms with Crippen molar-refractivity contribution in [1.29, 1.82) is 0 Å². The number of nitrogens with zero attached hydrogens (tertiary/aromatic N) is 3. The van der Waals surface area contributed by atoms with Crippen molar-refractivity contribution in [2.75, 3.05) is 0 Å². The average molecular weight is 399 g/mol. The minimum atomic E-state index is -4.76. The molecule has 0 aliphatic carbocycles. The van der Waals surface area contributed by atoms with E-state index in [0.717, 1.165) is 5.56 Å². The van der Waals surface area contributed by atoms with E-state index in [1.54, 1.807) is 48.8 Å². The number of ether oxygens (including phenoxy) is 1. The minimum Gasteiger partial charge on any atom is -0.405 e. The van der Waals surface area contributed by atoms with Crippen molar-refractivity contribution in [1.82, 2.24) is 15.0 Å². The summed E-state index contributed by atoms with van der Waals surface area (Å²) in [5.74, 6) is 0.280. The molecule has 4 rings (SSSR count). The van der Waals surface area contributed by atoms with Crippen LogP contribution in [0.15, 0.2) is 72.4 Å². The molecule has 2 heterocycles. The van der Waals surface area contributed by atoms with E-state index in [1.165, 1.54) is 23.5 Å². The van der Waals surface area contributed by atoms with Crippen LogP contribution in [0.3, 0.4) is 0 Å². The molecule has 0 spiro atoms. The van der Waals surface area contributed by atoms with Gasteiger partial charge in [-0.2, -0.15) is 0 Å². The van der Waals surface area contributed by atoms with Crippen molar-refractivity contribution in [3.63, 3.8) is 0 Å². The van der Waals surface area contributed by atoms with Crippen LogP contribution in [0, 0.1) is 0 Å². The Kier molecular flexibility index (Phi) is 4.79. The second-order valence-corrected chi connectivity index (χ2v) is 6.59. The van der Waals surface area contributed by atoms with Crippen LogP contribution in [0.1, 0.15) is 0 Å². The lowest BCUT2D eigenvalue weighted by Gasteiger charge is -2.13. The minimum absolute atomic E-state index is 0.246. The number of alkyl halides is 3. The summed E-state index contributed by atoms with van der Waals surface area (Å²) in [4.78, 5) is 12.9. The third-order valence-corrected chi connectivity index (χ3v) is 4.68. The monoisotopic (exact) mass is 399 g/mol. The number of para-hydroxylation sites is 1. The van der Waals surface area contributed by atoms with Gasteiger partial charge in [0.05, 0.1) is 5.69 Å². The Balaban J connectivity index is 1.70. The molecule has 4 nitrogen and oxygen atoms in total. The Bertz CT molecular complexity index is 1100. The molecule has 0 saturated carbocycles. The van der Waals surface area contributed by atoms with Crippen LogP contribution >= 0.6 is 11.3 Å². The second-order valence-electron chi connectivity index (χ2n) is 5.74. The molecular formula is C20H12F3N3OS. The SMILES string of the molecule is FC(F)(F)Oc1ccccc1-c1cccc(-c2csc(-c3ncccn3)n2)c1. The Morgan fingerprint density at radius 3 is 2.39 bits per heavy atom. The second kappa shape index (κ2) is 7.40. The molecule has 0 bridgehead atoms. The van der Waals surface area contributed by atoms with Crippen LogP contribution in [0.5, 0.6) is 5.75 Å². The van der Waals surface area contributed by atoms with Gasteiger partial charge in [-0.05, 0) is 23.8 Å². The highest BCUT2D eigenvalue weighted by molar-refractivity contribution is 7.13. The molecule has 0 atom stereocenters. The molecule has 0 unspecified atom stereocenters. The van der Waals surface area contributed by atoms with Gasteiger partial charge in [-0.1, -0.05) is 36.4 Å². The topological polar surface area (TPSA) is 47.9 Å². The standard InChI is InChI=1S/C20H12F3N3OS/c21-20(22,23)27-17-8-2-1-7-15(17)13-5-3-6-14(11-13)16-12-28-19(26-16)18-24-9-4-10-25-18/h1-12H. The third-order valence-electron chi connectivity index (χ3n) is 3.84. The third kappa shape index (κ3) is 4.01. The summed E-state index contributed by atoms with van der Waals surface area (Å²) in [5.41, 5.74) is 2.42. The molecule has 28 heavy (non-hydrogen) atoms. The van der Waals surface area contributed by atoms with Gasteiger partial charge >= 0.3 is 6.36 Å². The molecule has 0 aliphatic rings. The van der Waals surface area contributed by atoms with Crippen molar-refractivity contribution in [2.24, 2.45) is 0 Å². The molecule has 0 radical (unpaired) electrons. The normalized spacial score (nSPS) is 11.4. The van der Waals surface area contributed by atoms with Crippen molar-refractivity contribution in [2.45, 2.75) is 6.36 Å². The van der Waals surface area contributed by atoms with Gasteiger partial charge in [0.2, 0.25) is 0 Å². The van der Waals surface area contributed by atoms with Gasteiger partial charge in [-0.25, -0.2) is 15.0 Å². The summed E-state index contributed by atoms with van der Waals surface area (Å²) in [6.45, 7) is 0. The van der Waals surface area contributed by atoms with Gasteiger partial charge in [0.15, 0.2) is 10.8 Å². The molecule has 0 saturated heterocycles. The first-order valence-corrected chi connectivity index (χ1v) is 9.06. The Morgan fingerprint density at radius 2 is 1.61 bits per heavy atom. The number of benzene rings is 2. The molecule has 0 aliphatic heterocycles. The van der Waals surface area contributed by atoms with Gasteiger partial charge in [0.1, 0.15) is 5.75 Å². The van der Waals surface area contributed by atoms with E-state index in [1.807, 2.05) is 11.4 Å². The summed E-state index contributed by atoms with van der Waals surface area (Å²) >= 11 is 1.40. The van der Waals surface area contributed by atoms with E-state index in [4.69, 9.17) is 0 Å². The molecule has 4 aromatic rings. The first-order valence-electron chi connectivity index (χ1n) is 8.18. The lowest BCUT2D eigenvalue weighted by Crippen LogP contribution is -2.17. The molecule has 0 N–H and O–H groups in total. The van der Waals surface area contributed by atoms with E-state index in [2.05, 4.69) is 19.7 Å². The maximum absolute atomic E-state index is 12.7. The Labute approximate surface area is 162 Å². The van der Waals surface area contributed by atoms with Crippen molar-refractivity contribution >= 4 is 11.3 Å². The molecule has 8 heteroatoms. The number of thiazole rings is 1. The summed E-state index contributed by atoms with van der Waals surface area (Å²) in [6.07, 6.45) is -1.48. The van der Waals surface area contributed by atoms with Crippen molar-refractivity contribution in [3.05, 3.63) is 72.4 Å². The fourth-order valence-electron chi connectivity index (χ4n) is 2.68. The smallest absolute Gasteiger partial charge is 0.405 e. The molecular weight excluding hydrogens is 387 g/mol. The fraction of sp³-hybridized carbons (Fsp3) is 0.0500. The van der Waals surface area contributed by atoms with Gasteiger partial charge < -0.3 is 4.74 Å². The molecule has 140 valence electrons. The number of hydrogen-bond acceptors (Lipinski definition) is 5. The number of hydrogen-bond donors (Lipinski definition) is 0. The Hall–Kier alpha value is -3.26. The zero-order valence-electron chi connectivity index (χ0n) is 14.2. The van der Waals surface area contributed by atoms with E-state index in [9.17, 15) is 13.2 Å².